The van der Waals surface area contributed by atoms with Crippen molar-refractivity contribution in [3.8, 4) is 0 Å². The van der Waals surface area contributed by atoms with Gasteiger partial charge in [0.15, 0.2) is 0 Å². The maximum absolute atomic E-state index is 11.6. The van der Waals surface area contributed by atoms with Gasteiger partial charge >= 0.3 is 5.97 Å². The van der Waals surface area contributed by atoms with Gasteiger partial charge in [-0.15, -0.1) is 0 Å². The van der Waals surface area contributed by atoms with Crippen LogP contribution in [0.3, 0.4) is 0 Å². The van der Waals surface area contributed by atoms with Crippen molar-refractivity contribution in [2.45, 2.75) is 59.0 Å². The predicted molar refractivity (Wildman–Crippen MR) is 65.1 cm³/mol. The lowest BCUT2D eigenvalue weighted by molar-refractivity contribution is -0.151. The van der Waals surface area contributed by atoms with Crippen LogP contribution in [-0.4, -0.2) is 24.3 Å². The van der Waals surface area contributed by atoms with E-state index in [0.717, 1.165) is 32.1 Å². The molecule has 0 aromatic heterocycles. The Bertz CT molecular complexity index is 188. The molecule has 0 saturated heterocycles. The molecule has 0 radical (unpaired) electrons. The number of ether oxygens (including phenoxy) is 1. The summed E-state index contributed by atoms with van der Waals surface area (Å²) in [5.74, 6) is -0.427. The van der Waals surface area contributed by atoms with Crippen LogP contribution in [0.15, 0.2) is 0 Å². The lowest BCUT2D eigenvalue weighted by atomic mass is 9.84. The van der Waals surface area contributed by atoms with Crippen LogP contribution < -0.4 is 0 Å². The monoisotopic (exact) mass is 230 g/mol. The zero-order valence-corrected chi connectivity index (χ0v) is 11.0. The van der Waals surface area contributed by atoms with Crippen LogP contribution in [0.25, 0.3) is 0 Å². The van der Waals surface area contributed by atoms with Gasteiger partial charge in [0.25, 0.3) is 0 Å². The number of esters is 1. The third kappa shape index (κ3) is 4.52. The number of carbonyl (C=O) groups is 1. The zero-order chi connectivity index (χ0) is 12.6. The Morgan fingerprint density at radius 2 is 1.81 bits per heavy atom. The van der Waals surface area contributed by atoms with Crippen molar-refractivity contribution in [3.05, 3.63) is 0 Å². The average molecular weight is 230 g/mol. The summed E-state index contributed by atoms with van der Waals surface area (Å²) in [7, 11) is 1.39. The van der Waals surface area contributed by atoms with E-state index in [4.69, 9.17) is 4.74 Å². The fourth-order valence-electron chi connectivity index (χ4n) is 2.10. The van der Waals surface area contributed by atoms with E-state index in [-0.39, 0.29) is 17.8 Å². The van der Waals surface area contributed by atoms with E-state index in [2.05, 4.69) is 6.92 Å². The SMILES string of the molecule is CCCCC(C(=O)OC)C(O)C(CC)CC. The topological polar surface area (TPSA) is 46.5 Å². The van der Waals surface area contributed by atoms with Gasteiger partial charge in [0.1, 0.15) is 0 Å². The Balaban J connectivity index is 4.52. The summed E-state index contributed by atoms with van der Waals surface area (Å²) in [5.41, 5.74) is 0. The van der Waals surface area contributed by atoms with Gasteiger partial charge in [-0.3, -0.25) is 4.79 Å². The van der Waals surface area contributed by atoms with Crippen molar-refractivity contribution >= 4 is 5.97 Å². The molecule has 3 nitrogen and oxygen atoms in total. The zero-order valence-electron chi connectivity index (χ0n) is 11.0. The molecule has 0 saturated carbocycles. The standard InChI is InChI=1S/C13H26O3/c1-5-8-9-11(13(15)16-4)12(14)10(6-2)7-3/h10-12,14H,5-9H2,1-4H3. The molecule has 3 heteroatoms. The maximum Gasteiger partial charge on any atom is 0.311 e. The third-order valence-corrected chi connectivity index (χ3v) is 3.32. The predicted octanol–water partition coefficient (Wildman–Crippen LogP) is 2.76. The molecule has 2 atom stereocenters. The summed E-state index contributed by atoms with van der Waals surface area (Å²) < 4.78 is 4.77. The minimum absolute atomic E-state index is 0.195. The number of unbranched alkanes of at least 4 members (excludes halogenated alkanes) is 1. The number of carbonyl (C=O) groups excluding carboxylic acids is 1. The summed E-state index contributed by atoms with van der Waals surface area (Å²) in [6.45, 7) is 6.18. The highest BCUT2D eigenvalue weighted by atomic mass is 16.5. The normalized spacial score (nSPS) is 14.9. The molecule has 0 heterocycles. The Morgan fingerprint density at radius 1 is 1.25 bits per heavy atom. The highest BCUT2D eigenvalue weighted by molar-refractivity contribution is 5.72. The highest BCUT2D eigenvalue weighted by Gasteiger charge is 2.31. The molecule has 16 heavy (non-hydrogen) atoms. The highest BCUT2D eigenvalue weighted by Crippen LogP contribution is 2.24. The first kappa shape index (κ1) is 15.4. The molecule has 0 rings (SSSR count). The number of rotatable bonds is 8. The van der Waals surface area contributed by atoms with Gasteiger partial charge < -0.3 is 9.84 Å². The third-order valence-electron chi connectivity index (χ3n) is 3.32. The van der Waals surface area contributed by atoms with Gasteiger partial charge in [-0.25, -0.2) is 0 Å². The van der Waals surface area contributed by atoms with Crippen LogP contribution in [0.4, 0.5) is 0 Å². The Morgan fingerprint density at radius 3 is 2.19 bits per heavy atom. The van der Waals surface area contributed by atoms with Gasteiger partial charge in [0.05, 0.1) is 19.1 Å². The van der Waals surface area contributed by atoms with E-state index in [9.17, 15) is 9.90 Å². The Hall–Kier alpha value is -0.570. The molecule has 0 aromatic rings. The first-order chi connectivity index (χ1) is 7.62. The number of aliphatic hydroxyl groups excluding tert-OH is 1. The van der Waals surface area contributed by atoms with Crippen molar-refractivity contribution in [1.82, 2.24) is 0 Å². The average Bonchev–Trinajstić information content (AvgIpc) is 2.30. The summed E-state index contributed by atoms with van der Waals surface area (Å²) in [4.78, 5) is 11.6. The molecule has 0 amide bonds. The second-order valence-electron chi connectivity index (χ2n) is 4.34. The number of hydrogen-bond acceptors (Lipinski definition) is 3. The molecule has 2 unspecified atom stereocenters. The second kappa shape index (κ2) is 8.57. The first-order valence-corrected chi connectivity index (χ1v) is 6.38. The Kier molecular flexibility index (Phi) is 8.26. The van der Waals surface area contributed by atoms with Gasteiger partial charge in [0.2, 0.25) is 0 Å². The fourth-order valence-corrected chi connectivity index (χ4v) is 2.10. The van der Waals surface area contributed by atoms with Crippen molar-refractivity contribution in [3.63, 3.8) is 0 Å². The lowest BCUT2D eigenvalue weighted by Gasteiger charge is -2.26. The number of aliphatic hydroxyl groups is 1. The van der Waals surface area contributed by atoms with Crippen molar-refractivity contribution in [2.75, 3.05) is 7.11 Å². The largest absolute Gasteiger partial charge is 0.469 e. The molecule has 1 N–H and O–H groups in total. The smallest absolute Gasteiger partial charge is 0.311 e. The van der Waals surface area contributed by atoms with Crippen LogP contribution in [0.2, 0.25) is 0 Å². The minimum atomic E-state index is -0.561. The van der Waals surface area contributed by atoms with E-state index in [1.807, 2.05) is 13.8 Å². The molecule has 0 spiro atoms. The summed E-state index contributed by atoms with van der Waals surface area (Å²) in [6.07, 6.45) is 3.95. The van der Waals surface area contributed by atoms with Crippen molar-refractivity contribution in [1.29, 1.82) is 0 Å². The van der Waals surface area contributed by atoms with E-state index >= 15 is 0 Å². The molecule has 96 valence electrons. The second-order valence-corrected chi connectivity index (χ2v) is 4.34. The summed E-state index contributed by atoms with van der Waals surface area (Å²) >= 11 is 0. The maximum atomic E-state index is 11.6. The van der Waals surface area contributed by atoms with Gasteiger partial charge in [-0.1, -0.05) is 46.5 Å². The number of methoxy groups -OCH3 is 1. The van der Waals surface area contributed by atoms with E-state index in [0.29, 0.717) is 0 Å². The van der Waals surface area contributed by atoms with Crippen molar-refractivity contribution < 1.29 is 14.6 Å². The molecular weight excluding hydrogens is 204 g/mol. The summed E-state index contributed by atoms with van der Waals surface area (Å²) in [5, 5.41) is 10.2. The Labute approximate surface area is 99.2 Å². The van der Waals surface area contributed by atoms with Gasteiger partial charge in [-0.05, 0) is 12.3 Å². The van der Waals surface area contributed by atoms with Crippen LogP contribution in [0.5, 0.6) is 0 Å². The van der Waals surface area contributed by atoms with E-state index in [1.165, 1.54) is 7.11 Å². The lowest BCUT2D eigenvalue weighted by Crippen LogP contribution is -2.35. The minimum Gasteiger partial charge on any atom is -0.469 e. The fraction of sp³-hybridized carbons (Fsp3) is 0.923. The van der Waals surface area contributed by atoms with Gasteiger partial charge in [-0.2, -0.15) is 0 Å². The molecule has 0 bridgehead atoms. The number of hydrogen-bond donors (Lipinski definition) is 1. The van der Waals surface area contributed by atoms with Crippen molar-refractivity contribution in [2.24, 2.45) is 11.8 Å². The molecule has 0 aliphatic carbocycles. The van der Waals surface area contributed by atoms with Crippen LogP contribution >= 0.6 is 0 Å². The van der Waals surface area contributed by atoms with Crippen LogP contribution in [-0.2, 0) is 9.53 Å². The van der Waals surface area contributed by atoms with E-state index in [1.54, 1.807) is 0 Å². The quantitative estimate of drug-likeness (QED) is 0.652. The molecule has 0 fully saturated rings. The molecule has 0 aliphatic heterocycles. The summed E-state index contributed by atoms with van der Waals surface area (Å²) in [6, 6.07) is 0. The first-order valence-electron chi connectivity index (χ1n) is 6.38. The molecule has 0 aromatic carbocycles. The van der Waals surface area contributed by atoms with Crippen LogP contribution in [0, 0.1) is 11.8 Å². The van der Waals surface area contributed by atoms with E-state index < -0.39 is 6.10 Å². The molecule has 0 aliphatic rings. The van der Waals surface area contributed by atoms with Crippen LogP contribution in [0.1, 0.15) is 52.9 Å². The molecular formula is C13H26O3. The van der Waals surface area contributed by atoms with Gasteiger partial charge in [0, 0.05) is 0 Å².